The number of likely N-dealkylation sites (tertiary alicyclic amines) is 1. The summed E-state index contributed by atoms with van der Waals surface area (Å²) >= 11 is 0. The molecule has 0 saturated carbocycles. The van der Waals surface area contributed by atoms with E-state index in [0.717, 1.165) is 28.9 Å². The lowest BCUT2D eigenvalue weighted by Gasteiger charge is -2.50. The third-order valence-electron chi connectivity index (χ3n) is 7.64. The van der Waals surface area contributed by atoms with Crippen LogP contribution in [0.15, 0.2) is 72.8 Å². The molecule has 0 N–H and O–H groups in total. The molecule has 2 heterocycles. The number of hydrogen-bond donors (Lipinski definition) is 0. The van der Waals surface area contributed by atoms with Gasteiger partial charge in [0.25, 0.3) is 17.7 Å². The van der Waals surface area contributed by atoms with Crippen LogP contribution >= 0.6 is 0 Å². The zero-order valence-corrected chi connectivity index (χ0v) is 23.6. The molecule has 0 aliphatic carbocycles. The lowest BCUT2D eigenvalue weighted by molar-refractivity contribution is -0.153. The van der Waals surface area contributed by atoms with Crippen molar-refractivity contribution in [2.24, 2.45) is 0 Å². The van der Waals surface area contributed by atoms with Crippen molar-refractivity contribution in [1.82, 2.24) is 4.90 Å². The van der Waals surface area contributed by atoms with Gasteiger partial charge in [0.05, 0.1) is 19.8 Å². The highest BCUT2D eigenvalue weighted by molar-refractivity contribution is 6.16. The van der Waals surface area contributed by atoms with E-state index in [2.05, 4.69) is 6.92 Å². The maximum absolute atomic E-state index is 13.9. The van der Waals surface area contributed by atoms with Crippen LogP contribution in [0.1, 0.15) is 31.4 Å². The predicted octanol–water partition coefficient (Wildman–Crippen LogP) is 4.40. The lowest BCUT2D eigenvalue weighted by atomic mass is 9.85. The number of ether oxygens (including phenoxy) is 4. The molecule has 0 bridgehead atoms. The average Bonchev–Trinajstić information content (AvgIpc) is 3.24. The van der Waals surface area contributed by atoms with E-state index in [0.29, 0.717) is 29.4 Å². The minimum absolute atomic E-state index is 0.383. The average molecular weight is 559 g/mol. The molecule has 2 saturated heterocycles. The number of hydrogen-bond acceptors (Lipinski definition) is 7. The van der Waals surface area contributed by atoms with E-state index in [4.69, 9.17) is 18.9 Å². The standard InChI is InChI=1S/C32H34N2O7/c1-5-6-18-41-25-19-23(38-2)16-17-24(25)26-27(34-31(36)28(39-3)29(40-4)32(34)37)30(35)33(26)22-14-12-21(13-15-22)20-10-8-7-9-11-20/h7-17,19,26-29H,5-6,18H2,1-4H3/t26-,27?,28-,29-/m1/s1. The van der Waals surface area contributed by atoms with Crippen molar-refractivity contribution in [2.45, 2.75) is 44.1 Å². The number of anilines is 1. The highest BCUT2D eigenvalue weighted by Crippen LogP contribution is 2.47. The van der Waals surface area contributed by atoms with Gasteiger partial charge >= 0.3 is 0 Å². The molecule has 2 aliphatic heterocycles. The molecule has 3 aromatic rings. The van der Waals surface area contributed by atoms with Crippen LogP contribution in [0.5, 0.6) is 11.5 Å². The summed E-state index contributed by atoms with van der Waals surface area (Å²) in [5.74, 6) is -0.473. The number of carbonyl (C=O) groups excluding carboxylic acids is 3. The van der Waals surface area contributed by atoms with Crippen molar-refractivity contribution >= 4 is 23.4 Å². The van der Waals surface area contributed by atoms with E-state index < -0.39 is 36.1 Å². The van der Waals surface area contributed by atoms with Crippen LogP contribution in [-0.4, -0.2) is 68.8 Å². The first-order valence-electron chi connectivity index (χ1n) is 13.7. The Morgan fingerprint density at radius 3 is 1.93 bits per heavy atom. The molecule has 0 aromatic heterocycles. The molecule has 41 heavy (non-hydrogen) atoms. The molecule has 0 spiro atoms. The van der Waals surface area contributed by atoms with Gasteiger partial charge in [0, 0.05) is 31.5 Å². The molecule has 9 heteroatoms. The summed E-state index contributed by atoms with van der Waals surface area (Å²) in [7, 11) is 4.25. The molecule has 214 valence electrons. The van der Waals surface area contributed by atoms with Gasteiger partial charge in [-0.1, -0.05) is 55.8 Å². The Kier molecular flexibility index (Phi) is 8.37. The summed E-state index contributed by atoms with van der Waals surface area (Å²) in [4.78, 5) is 43.3. The van der Waals surface area contributed by atoms with Crippen LogP contribution < -0.4 is 14.4 Å². The predicted molar refractivity (Wildman–Crippen MR) is 153 cm³/mol. The number of carbonyl (C=O) groups is 3. The van der Waals surface area contributed by atoms with Crippen molar-refractivity contribution < 1.29 is 33.3 Å². The quantitative estimate of drug-likeness (QED) is 0.196. The first kappa shape index (κ1) is 28.3. The van der Waals surface area contributed by atoms with Crippen molar-refractivity contribution in [3.8, 4) is 22.6 Å². The molecule has 2 fully saturated rings. The van der Waals surface area contributed by atoms with Gasteiger partial charge in [0.1, 0.15) is 17.5 Å². The maximum Gasteiger partial charge on any atom is 0.262 e. The largest absolute Gasteiger partial charge is 0.497 e. The van der Waals surface area contributed by atoms with E-state index >= 15 is 0 Å². The van der Waals surface area contributed by atoms with E-state index in [1.165, 1.54) is 14.2 Å². The van der Waals surface area contributed by atoms with Crippen LogP contribution in [0.2, 0.25) is 0 Å². The highest BCUT2D eigenvalue weighted by atomic mass is 16.5. The summed E-state index contributed by atoms with van der Waals surface area (Å²) in [6.07, 6.45) is -0.479. The Bertz CT molecular complexity index is 1390. The Hall–Kier alpha value is -4.21. The fourth-order valence-electron chi connectivity index (χ4n) is 5.47. The minimum atomic E-state index is -1.13. The number of rotatable bonds is 11. The van der Waals surface area contributed by atoms with Crippen molar-refractivity contribution in [3.05, 3.63) is 78.4 Å². The van der Waals surface area contributed by atoms with Gasteiger partial charge in [-0.05, 0) is 41.8 Å². The smallest absolute Gasteiger partial charge is 0.262 e. The molecule has 4 atom stereocenters. The van der Waals surface area contributed by atoms with Gasteiger partial charge in [-0.2, -0.15) is 0 Å². The molecule has 5 rings (SSSR count). The number of β-lactam (4-membered cyclic amide) rings is 1. The molecular weight excluding hydrogens is 524 g/mol. The number of unbranched alkanes of at least 4 members (excludes halogenated alkanes) is 1. The highest BCUT2D eigenvalue weighted by Gasteiger charge is 2.61. The molecule has 1 unspecified atom stereocenters. The Labute approximate surface area is 239 Å². The van der Waals surface area contributed by atoms with Crippen molar-refractivity contribution in [2.75, 3.05) is 32.8 Å². The Balaban J connectivity index is 1.57. The van der Waals surface area contributed by atoms with Gasteiger partial charge in [0.2, 0.25) is 0 Å². The van der Waals surface area contributed by atoms with E-state index in [1.54, 1.807) is 24.1 Å². The SMILES string of the molecule is CCCCOc1cc(OC)ccc1[C@@H]1C(N2C(=O)[C@H](OC)[C@@H](OC)C2=O)C(=O)N1c1ccc(-c2ccccc2)cc1. The Morgan fingerprint density at radius 2 is 1.34 bits per heavy atom. The zero-order valence-electron chi connectivity index (χ0n) is 23.6. The first-order valence-corrected chi connectivity index (χ1v) is 13.7. The monoisotopic (exact) mass is 558 g/mol. The number of amides is 3. The minimum Gasteiger partial charge on any atom is -0.497 e. The second-order valence-electron chi connectivity index (χ2n) is 9.98. The first-order chi connectivity index (χ1) is 19.9. The van der Waals surface area contributed by atoms with Crippen LogP contribution in [0.4, 0.5) is 5.69 Å². The maximum atomic E-state index is 13.9. The molecular formula is C32H34N2O7. The van der Waals surface area contributed by atoms with Crippen LogP contribution in [0.3, 0.4) is 0 Å². The van der Waals surface area contributed by atoms with Crippen LogP contribution in [0.25, 0.3) is 11.1 Å². The van der Waals surface area contributed by atoms with Gasteiger partial charge in [-0.3, -0.25) is 19.3 Å². The number of methoxy groups -OCH3 is 3. The fourth-order valence-corrected chi connectivity index (χ4v) is 5.47. The molecule has 0 radical (unpaired) electrons. The summed E-state index contributed by atoms with van der Waals surface area (Å²) in [6.45, 7) is 2.53. The van der Waals surface area contributed by atoms with Crippen LogP contribution in [0, 0.1) is 0 Å². The van der Waals surface area contributed by atoms with Gasteiger partial charge < -0.3 is 23.8 Å². The normalized spacial score (nSPS) is 22.2. The third kappa shape index (κ3) is 5.07. The molecule has 2 aliphatic rings. The fraction of sp³-hybridized carbons (Fsp3) is 0.344. The molecule has 9 nitrogen and oxygen atoms in total. The summed E-state index contributed by atoms with van der Waals surface area (Å²) in [5, 5.41) is 0. The van der Waals surface area contributed by atoms with Gasteiger partial charge in [-0.25, -0.2) is 0 Å². The summed E-state index contributed by atoms with van der Waals surface area (Å²) in [5.41, 5.74) is 3.35. The Morgan fingerprint density at radius 1 is 0.707 bits per heavy atom. The summed E-state index contributed by atoms with van der Waals surface area (Å²) in [6, 6.07) is 21.1. The molecule has 3 amide bonds. The molecule has 3 aromatic carbocycles. The topological polar surface area (TPSA) is 94.6 Å². The van der Waals surface area contributed by atoms with Gasteiger partial charge in [-0.15, -0.1) is 0 Å². The van der Waals surface area contributed by atoms with Gasteiger partial charge in [0.15, 0.2) is 12.2 Å². The second-order valence-corrected chi connectivity index (χ2v) is 9.98. The zero-order chi connectivity index (χ0) is 29.1. The van der Waals surface area contributed by atoms with Crippen molar-refractivity contribution in [1.29, 1.82) is 0 Å². The van der Waals surface area contributed by atoms with E-state index in [-0.39, 0.29) is 5.91 Å². The van der Waals surface area contributed by atoms with Crippen molar-refractivity contribution in [3.63, 3.8) is 0 Å². The van der Waals surface area contributed by atoms with E-state index in [9.17, 15) is 14.4 Å². The van der Waals surface area contributed by atoms with E-state index in [1.807, 2.05) is 60.7 Å². The third-order valence-corrected chi connectivity index (χ3v) is 7.64. The number of benzene rings is 3. The number of imide groups is 1. The van der Waals surface area contributed by atoms with Crippen LogP contribution in [-0.2, 0) is 23.9 Å². The summed E-state index contributed by atoms with van der Waals surface area (Å²) < 4.78 is 22.2. The second kappa shape index (κ2) is 12.1. The lowest BCUT2D eigenvalue weighted by Crippen LogP contribution is -2.67. The number of nitrogens with zero attached hydrogens (tertiary/aromatic N) is 2.